The molecule has 0 bridgehead atoms. The maximum Gasteiger partial charge on any atom is 0.255 e. The van der Waals surface area contributed by atoms with Crippen LogP contribution in [0.1, 0.15) is 15.9 Å². The summed E-state index contributed by atoms with van der Waals surface area (Å²) < 4.78 is 5.67. The molecule has 6 nitrogen and oxygen atoms in total. The molecule has 2 aromatic carbocycles. The second kappa shape index (κ2) is 8.73. The zero-order valence-electron chi connectivity index (χ0n) is 14.6. The first kappa shape index (κ1) is 19.7. The van der Waals surface area contributed by atoms with Gasteiger partial charge in [0.1, 0.15) is 5.75 Å². The molecule has 8 heteroatoms. The van der Waals surface area contributed by atoms with Crippen molar-refractivity contribution in [3.63, 3.8) is 0 Å². The van der Waals surface area contributed by atoms with E-state index >= 15 is 0 Å². The number of hydrogen-bond acceptors (Lipinski definition) is 4. The monoisotopic (exact) mass is 414 g/mol. The molecule has 28 heavy (non-hydrogen) atoms. The van der Waals surface area contributed by atoms with Gasteiger partial charge in [-0.15, -0.1) is 0 Å². The molecule has 0 saturated carbocycles. The van der Waals surface area contributed by atoms with Gasteiger partial charge in [0.05, 0.1) is 27.8 Å². The van der Waals surface area contributed by atoms with Gasteiger partial charge in [-0.25, -0.2) is 4.98 Å². The average molecular weight is 415 g/mol. The third-order valence-electron chi connectivity index (χ3n) is 3.72. The van der Waals surface area contributed by atoms with E-state index in [1.165, 1.54) is 12.3 Å². The number of carbonyl (C=O) groups excluding carboxylic acids is 1. The Hall–Kier alpha value is -3.09. The Kier molecular flexibility index (Phi) is 6.13. The first-order valence-corrected chi connectivity index (χ1v) is 8.98. The van der Waals surface area contributed by atoms with Crippen molar-refractivity contribution in [1.29, 1.82) is 5.41 Å². The van der Waals surface area contributed by atoms with E-state index in [0.717, 1.165) is 5.56 Å². The maximum absolute atomic E-state index is 12.3. The topological polar surface area (TPSA) is 101 Å². The molecule has 142 valence electrons. The highest BCUT2D eigenvalue weighted by Gasteiger charge is 2.09. The Morgan fingerprint density at radius 2 is 1.82 bits per heavy atom. The highest BCUT2D eigenvalue weighted by Crippen LogP contribution is 2.24. The first-order chi connectivity index (χ1) is 13.4. The van der Waals surface area contributed by atoms with Crippen LogP contribution in [0.15, 0.2) is 60.8 Å². The standard InChI is InChI=1S/C20H16Cl2N4O2/c21-16-7-3-13(10-17(16)22)20(27)26-14-4-8-19(25-11-14)28-15-5-1-12(2-6-15)9-18(23)24/h1-8,10-11H,9H2,(H3,23,24)(H,26,27). The summed E-state index contributed by atoms with van der Waals surface area (Å²) in [6.45, 7) is 0. The van der Waals surface area contributed by atoms with E-state index in [2.05, 4.69) is 10.3 Å². The third kappa shape index (κ3) is 5.22. The number of aromatic nitrogens is 1. The van der Waals surface area contributed by atoms with Crippen LogP contribution >= 0.6 is 23.2 Å². The van der Waals surface area contributed by atoms with Crippen LogP contribution in [0.3, 0.4) is 0 Å². The third-order valence-corrected chi connectivity index (χ3v) is 4.46. The molecule has 0 saturated heterocycles. The van der Waals surface area contributed by atoms with Crippen LogP contribution in [-0.2, 0) is 6.42 Å². The molecule has 0 aliphatic heterocycles. The van der Waals surface area contributed by atoms with E-state index in [9.17, 15) is 4.79 Å². The van der Waals surface area contributed by atoms with E-state index in [-0.39, 0.29) is 11.7 Å². The summed E-state index contributed by atoms with van der Waals surface area (Å²) in [5.41, 5.74) is 7.21. The average Bonchev–Trinajstić information content (AvgIpc) is 2.66. The molecule has 3 rings (SSSR count). The van der Waals surface area contributed by atoms with Gasteiger partial charge in [0.2, 0.25) is 5.88 Å². The number of amidine groups is 1. The van der Waals surface area contributed by atoms with Gasteiger partial charge >= 0.3 is 0 Å². The van der Waals surface area contributed by atoms with Crippen molar-refractivity contribution in [2.75, 3.05) is 5.32 Å². The minimum absolute atomic E-state index is 0.105. The molecule has 1 amide bonds. The maximum atomic E-state index is 12.3. The molecule has 1 aromatic heterocycles. The quantitative estimate of drug-likeness (QED) is 0.393. The molecule has 0 aliphatic rings. The number of ether oxygens (including phenoxy) is 1. The molecular formula is C20H16Cl2N4O2. The van der Waals surface area contributed by atoms with E-state index in [1.54, 1.807) is 36.4 Å². The van der Waals surface area contributed by atoms with Crippen molar-refractivity contribution in [2.24, 2.45) is 5.73 Å². The summed E-state index contributed by atoms with van der Waals surface area (Å²) in [6, 6.07) is 15.2. The zero-order valence-corrected chi connectivity index (χ0v) is 16.1. The number of anilines is 1. The fraction of sp³-hybridized carbons (Fsp3) is 0.0500. The number of nitrogens with one attached hydrogen (secondary N) is 2. The van der Waals surface area contributed by atoms with Gasteiger partial charge in [-0.05, 0) is 42.0 Å². The number of amides is 1. The lowest BCUT2D eigenvalue weighted by Gasteiger charge is -2.08. The van der Waals surface area contributed by atoms with Crippen LogP contribution < -0.4 is 15.8 Å². The molecule has 0 fully saturated rings. The SMILES string of the molecule is N=C(N)Cc1ccc(Oc2ccc(NC(=O)c3ccc(Cl)c(Cl)c3)cn2)cc1. The van der Waals surface area contributed by atoms with E-state index in [4.69, 9.17) is 39.1 Å². The number of rotatable bonds is 6. The molecule has 4 N–H and O–H groups in total. The number of pyridine rings is 1. The van der Waals surface area contributed by atoms with Crippen LogP contribution in [0, 0.1) is 5.41 Å². The van der Waals surface area contributed by atoms with Gasteiger partial charge in [-0.2, -0.15) is 0 Å². The molecule has 0 unspecified atom stereocenters. The van der Waals surface area contributed by atoms with Crippen molar-refractivity contribution in [3.8, 4) is 11.6 Å². The number of halogens is 2. The van der Waals surface area contributed by atoms with E-state index in [1.807, 2.05) is 12.1 Å². The second-order valence-corrected chi connectivity index (χ2v) is 6.73. The van der Waals surface area contributed by atoms with Gasteiger partial charge in [0.25, 0.3) is 5.91 Å². The second-order valence-electron chi connectivity index (χ2n) is 5.92. The Balaban J connectivity index is 1.62. The summed E-state index contributed by atoms with van der Waals surface area (Å²) in [4.78, 5) is 16.5. The summed E-state index contributed by atoms with van der Waals surface area (Å²) in [6.07, 6.45) is 1.89. The Bertz CT molecular complexity index is 1010. The van der Waals surface area contributed by atoms with Crippen molar-refractivity contribution in [3.05, 3.63) is 82.0 Å². The van der Waals surface area contributed by atoms with Gasteiger partial charge in [-0.3, -0.25) is 10.2 Å². The van der Waals surface area contributed by atoms with Crippen LogP contribution in [0.25, 0.3) is 0 Å². The molecular weight excluding hydrogens is 399 g/mol. The largest absolute Gasteiger partial charge is 0.439 e. The van der Waals surface area contributed by atoms with Crippen molar-refractivity contribution in [1.82, 2.24) is 4.98 Å². The zero-order chi connectivity index (χ0) is 20.1. The van der Waals surface area contributed by atoms with E-state index in [0.29, 0.717) is 39.3 Å². The summed E-state index contributed by atoms with van der Waals surface area (Å²) >= 11 is 11.8. The number of carbonyl (C=O) groups is 1. The lowest BCUT2D eigenvalue weighted by molar-refractivity contribution is 0.102. The lowest BCUT2D eigenvalue weighted by Crippen LogP contribution is -2.12. The highest BCUT2D eigenvalue weighted by molar-refractivity contribution is 6.42. The van der Waals surface area contributed by atoms with Crippen LogP contribution in [-0.4, -0.2) is 16.7 Å². The van der Waals surface area contributed by atoms with Crippen LogP contribution in [0.5, 0.6) is 11.6 Å². The van der Waals surface area contributed by atoms with Gasteiger partial charge in [-0.1, -0.05) is 35.3 Å². The normalized spacial score (nSPS) is 10.4. The Labute approximate surface area is 171 Å². The Morgan fingerprint density at radius 1 is 1.07 bits per heavy atom. The fourth-order valence-electron chi connectivity index (χ4n) is 2.37. The predicted octanol–water partition coefficient (Wildman–Crippen LogP) is 4.91. The molecule has 0 radical (unpaired) electrons. The minimum atomic E-state index is -0.324. The predicted molar refractivity (Wildman–Crippen MR) is 111 cm³/mol. The van der Waals surface area contributed by atoms with Crippen LogP contribution in [0.4, 0.5) is 5.69 Å². The number of nitrogens with zero attached hydrogens (tertiary/aromatic N) is 1. The lowest BCUT2D eigenvalue weighted by atomic mass is 10.1. The number of benzene rings is 2. The van der Waals surface area contributed by atoms with Gasteiger partial charge < -0.3 is 15.8 Å². The summed E-state index contributed by atoms with van der Waals surface area (Å²) in [5, 5.41) is 10.7. The van der Waals surface area contributed by atoms with Crippen molar-refractivity contribution in [2.45, 2.75) is 6.42 Å². The molecule has 0 atom stereocenters. The minimum Gasteiger partial charge on any atom is -0.439 e. The van der Waals surface area contributed by atoms with Crippen molar-refractivity contribution >= 4 is 40.6 Å². The summed E-state index contributed by atoms with van der Waals surface area (Å²) in [7, 11) is 0. The number of hydrogen-bond donors (Lipinski definition) is 3. The molecule has 0 aliphatic carbocycles. The molecule has 0 spiro atoms. The van der Waals surface area contributed by atoms with E-state index < -0.39 is 0 Å². The number of nitrogens with two attached hydrogens (primary N) is 1. The first-order valence-electron chi connectivity index (χ1n) is 8.23. The fourth-order valence-corrected chi connectivity index (χ4v) is 2.67. The summed E-state index contributed by atoms with van der Waals surface area (Å²) in [5.74, 6) is 0.767. The molecule has 3 aromatic rings. The smallest absolute Gasteiger partial charge is 0.255 e. The van der Waals surface area contributed by atoms with Gasteiger partial charge in [0, 0.05) is 18.1 Å². The van der Waals surface area contributed by atoms with Crippen molar-refractivity contribution < 1.29 is 9.53 Å². The van der Waals surface area contributed by atoms with Gasteiger partial charge in [0.15, 0.2) is 0 Å². The van der Waals surface area contributed by atoms with Crippen LogP contribution in [0.2, 0.25) is 10.0 Å². The molecule has 1 heterocycles. The Morgan fingerprint density at radius 3 is 2.43 bits per heavy atom. The highest BCUT2D eigenvalue weighted by atomic mass is 35.5.